The molecule has 0 heterocycles. The number of carbonyl (C=O) groups is 2. The zero-order valence-electron chi connectivity index (χ0n) is 11.1. The molecule has 0 saturated heterocycles. The lowest BCUT2D eigenvalue weighted by molar-refractivity contribution is 0.0951. The van der Waals surface area contributed by atoms with Crippen molar-refractivity contribution in [1.82, 2.24) is 5.32 Å². The predicted octanol–water partition coefficient (Wildman–Crippen LogP) is 2.25. The second kappa shape index (κ2) is 6.51. The van der Waals surface area contributed by atoms with Crippen molar-refractivity contribution >= 4 is 17.6 Å². The Morgan fingerprint density at radius 2 is 1.62 bits per heavy atom. The predicted molar refractivity (Wildman–Crippen MR) is 77.2 cm³/mol. The number of halogens is 1. The van der Waals surface area contributed by atoms with E-state index in [0.29, 0.717) is 17.8 Å². The summed E-state index contributed by atoms with van der Waals surface area (Å²) in [5, 5.41) is 5.17. The van der Waals surface area contributed by atoms with Gasteiger partial charge in [-0.1, -0.05) is 12.1 Å². The molecule has 0 atom stereocenters. The molecule has 0 aliphatic carbocycles. The third-order valence-electron chi connectivity index (χ3n) is 2.78. The summed E-state index contributed by atoms with van der Waals surface area (Å²) in [4.78, 5) is 22.5. The normalized spacial score (nSPS) is 9.95. The first-order chi connectivity index (χ1) is 10.0. The molecule has 2 aromatic rings. The second-order valence-electron chi connectivity index (χ2n) is 4.38. The fourth-order valence-electron chi connectivity index (χ4n) is 1.73. The fourth-order valence-corrected chi connectivity index (χ4v) is 1.73. The molecule has 2 aromatic carbocycles. The van der Waals surface area contributed by atoms with Crippen LogP contribution in [0.15, 0.2) is 48.5 Å². The van der Waals surface area contributed by atoms with Gasteiger partial charge in [0.15, 0.2) is 0 Å². The molecule has 0 radical (unpaired) electrons. The van der Waals surface area contributed by atoms with Crippen LogP contribution in [-0.4, -0.2) is 11.9 Å². The Morgan fingerprint density at radius 3 is 2.19 bits per heavy atom. The van der Waals surface area contributed by atoms with Gasteiger partial charge >= 0.3 is 6.03 Å². The Bertz CT molecular complexity index is 639. The maximum Gasteiger partial charge on any atom is 0.316 e. The van der Waals surface area contributed by atoms with Gasteiger partial charge in [0.05, 0.1) is 0 Å². The molecule has 0 bridgehead atoms. The lowest BCUT2D eigenvalue weighted by atomic mass is 10.2. The van der Waals surface area contributed by atoms with Crippen molar-refractivity contribution in [3.05, 3.63) is 65.5 Å². The standard InChI is InChI=1S/C15H14FN3O2/c16-12-5-3-11(4-6-12)14(20)18-9-10-1-7-13(8-2-10)19-15(17)21/h1-8H,9H2,(H,18,20)(H3,17,19,21). The van der Waals surface area contributed by atoms with Crippen LogP contribution >= 0.6 is 0 Å². The van der Waals surface area contributed by atoms with Crippen molar-refractivity contribution in [1.29, 1.82) is 0 Å². The molecular weight excluding hydrogens is 273 g/mol. The van der Waals surface area contributed by atoms with Crippen LogP contribution in [0.1, 0.15) is 15.9 Å². The lowest BCUT2D eigenvalue weighted by Crippen LogP contribution is -2.22. The van der Waals surface area contributed by atoms with Crippen LogP contribution in [0.5, 0.6) is 0 Å². The van der Waals surface area contributed by atoms with E-state index in [1.807, 2.05) is 0 Å². The molecular formula is C15H14FN3O2. The molecule has 21 heavy (non-hydrogen) atoms. The van der Waals surface area contributed by atoms with Gasteiger partial charge in [-0.3, -0.25) is 4.79 Å². The van der Waals surface area contributed by atoms with Gasteiger partial charge in [-0.15, -0.1) is 0 Å². The van der Waals surface area contributed by atoms with Gasteiger partial charge in [-0.25, -0.2) is 9.18 Å². The van der Waals surface area contributed by atoms with Crippen LogP contribution < -0.4 is 16.4 Å². The van der Waals surface area contributed by atoms with Crippen LogP contribution in [0.4, 0.5) is 14.9 Å². The Balaban J connectivity index is 1.92. The van der Waals surface area contributed by atoms with Crippen LogP contribution in [-0.2, 0) is 6.54 Å². The summed E-state index contributed by atoms with van der Waals surface area (Å²) in [5.74, 6) is -0.668. The maximum atomic E-state index is 12.8. The molecule has 2 rings (SSSR count). The summed E-state index contributed by atoms with van der Waals surface area (Å²) in [7, 11) is 0. The van der Waals surface area contributed by atoms with Crippen molar-refractivity contribution in [2.24, 2.45) is 5.73 Å². The highest BCUT2D eigenvalue weighted by Gasteiger charge is 2.05. The summed E-state index contributed by atoms with van der Waals surface area (Å²) in [6.07, 6.45) is 0. The topological polar surface area (TPSA) is 84.2 Å². The highest BCUT2D eigenvalue weighted by molar-refractivity contribution is 5.94. The van der Waals surface area contributed by atoms with Crippen molar-refractivity contribution in [2.45, 2.75) is 6.54 Å². The number of benzene rings is 2. The zero-order chi connectivity index (χ0) is 15.2. The van der Waals surface area contributed by atoms with Gasteiger partial charge in [-0.2, -0.15) is 0 Å². The van der Waals surface area contributed by atoms with Gasteiger partial charge in [0, 0.05) is 17.8 Å². The SMILES string of the molecule is NC(=O)Nc1ccc(CNC(=O)c2ccc(F)cc2)cc1. The molecule has 0 saturated carbocycles. The molecule has 3 amide bonds. The van der Waals surface area contributed by atoms with E-state index in [4.69, 9.17) is 5.73 Å². The van der Waals surface area contributed by atoms with E-state index in [2.05, 4.69) is 10.6 Å². The summed E-state index contributed by atoms with van der Waals surface area (Å²) >= 11 is 0. The van der Waals surface area contributed by atoms with Crippen molar-refractivity contribution in [3.8, 4) is 0 Å². The van der Waals surface area contributed by atoms with Crippen LogP contribution in [0, 0.1) is 5.82 Å². The number of amides is 3. The summed E-state index contributed by atoms with van der Waals surface area (Å²) < 4.78 is 12.8. The molecule has 4 N–H and O–H groups in total. The second-order valence-corrected chi connectivity index (χ2v) is 4.38. The highest BCUT2D eigenvalue weighted by atomic mass is 19.1. The van der Waals surface area contributed by atoms with Crippen molar-refractivity contribution < 1.29 is 14.0 Å². The summed E-state index contributed by atoms with van der Waals surface area (Å²) in [5.41, 5.74) is 6.84. The first-order valence-electron chi connectivity index (χ1n) is 6.24. The van der Waals surface area contributed by atoms with Gasteiger partial charge in [-0.05, 0) is 42.0 Å². The quantitative estimate of drug-likeness (QED) is 0.805. The van der Waals surface area contributed by atoms with E-state index < -0.39 is 6.03 Å². The number of rotatable bonds is 4. The van der Waals surface area contributed by atoms with Gasteiger partial charge < -0.3 is 16.4 Å². The lowest BCUT2D eigenvalue weighted by Gasteiger charge is -2.07. The van der Waals surface area contributed by atoms with E-state index in [1.54, 1.807) is 24.3 Å². The number of hydrogen-bond donors (Lipinski definition) is 3. The van der Waals surface area contributed by atoms with E-state index in [-0.39, 0.29) is 11.7 Å². The average Bonchev–Trinajstić information content (AvgIpc) is 2.46. The number of anilines is 1. The molecule has 0 aromatic heterocycles. The largest absolute Gasteiger partial charge is 0.351 e. The van der Waals surface area contributed by atoms with Crippen LogP contribution in [0.25, 0.3) is 0 Å². The minimum absolute atomic E-state index is 0.283. The number of hydrogen-bond acceptors (Lipinski definition) is 2. The molecule has 0 unspecified atom stereocenters. The number of urea groups is 1. The summed E-state index contributed by atoms with van der Waals surface area (Å²) in [6.45, 7) is 0.326. The van der Waals surface area contributed by atoms with Crippen LogP contribution in [0.3, 0.4) is 0 Å². The van der Waals surface area contributed by atoms with E-state index >= 15 is 0 Å². The van der Waals surface area contributed by atoms with Gasteiger partial charge in [0.25, 0.3) is 5.91 Å². The van der Waals surface area contributed by atoms with E-state index in [1.165, 1.54) is 24.3 Å². The Labute approximate surface area is 121 Å². The maximum absolute atomic E-state index is 12.8. The van der Waals surface area contributed by atoms with E-state index in [9.17, 15) is 14.0 Å². The molecule has 108 valence electrons. The van der Waals surface area contributed by atoms with Crippen LogP contribution in [0.2, 0.25) is 0 Å². The molecule has 0 aliphatic rings. The van der Waals surface area contributed by atoms with Gasteiger partial charge in [0.2, 0.25) is 0 Å². The molecule has 0 aliphatic heterocycles. The number of primary amides is 1. The van der Waals surface area contributed by atoms with Crippen molar-refractivity contribution in [3.63, 3.8) is 0 Å². The minimum Gasteiger partial charge on any atom is -0.351 e. The number of nitrogens with one attached hydrogen (secondary N) is 2. The third kappa shape index (κ3) is 4.31. The molecule has 0 fully saturated rings. The van der Waals surface area contributed by atoms with Crippen molar-refractivity contribution in [2.75, 3.05) is 5.32 Å². The highest BCUT2D eigenvalue weighted by Crippen LogP contribution is 2.09. The van der Waals surface area contributed by atoms with E-state index in [0.717, 1.165) is 5.56 Å². The minimum atomic E-state index is -0.632. The van der Waals surface area contributed by atoms with Gasteiger partial charge in [0.1, 0.15) is 5.82 Å². The molecule has 6 heteroatoms. The zero-order valence-corrected chi connectivity index (χ0v) is 11.1. The Kier molecular flexibility index (Phi) is 4.50. The number of carbonyl (C=O) groups excluding carboxylic acids is 2. The molecule has 0 spiro atoms. The fraction of sp³-hybridized carbons (Fsp3) is 0.0667. The number of nitrogens with two attached hydrogens (primary N) is 1. The first-order valence-corrected chi connectivity index (χ1v) is 6.24. The summed E-state index contributed by atoms with van der Waals surface area (Å²) in [6, 6.07) is 11.6. The molecule has 5 nitrogen and oxygen atoms in total. The monoisotopic (exact) mass is 287 g/mol. The Hall–Kier alpha value is -2.89. The first kappa shape index (κ1) is 14.5. The third-order valence-corrected chi connectivity index (χ3v) is 2.78. The smallest absolute Gasteiger partial charge is 0.316 e. The average molecular weight is 287 g/mol. The Morgan fingerprint density at radius 1 is 1.00 bits per heavy atom.